The maximum atomic E-state index is 11.8. The number of amides is 2. The summed E-state index contributed by atoms with van der Waals surface area (Å²) in [6.07, 6.45) is 0.784. The van der Waals surface area contributed by atoms with Gasteiger partial charge in [0.2, 0.25) is 11.8 Å². The zero-order valence-electron chi connectivity index (χ0n) is 10.8. The van der Waals surface area contributed by atoms with Crippen molar-refractivity contribution >= 4 is 17.8 Å². The highest BCUT2D eigenvalue weighted by atomic mass is 16.4. The molecule has 1 aliphatic rings. The summed E-state index contributed by atoms with van der Waals surface area (Å²) in [5.74, 6) is -1.65. The van der Waals surface area contributed by atoms with Gasteiger partial charge in [0.1, 0.15) is 6.54 Å². The molecule has 0 heterocycles. The van der Waals surface area contributed by atoms with Crippen molar-refractivity contribution in [3.05, 3.63) is 35.9 Å². The van der Waals surface area contributed by atoms with Crippen molar-refractivity contribution in [2.24, 2.45) is 5.92 Å². The van der Waals surface area contributed by atoms with Crippen LogP contribution in [0.3, 0.4) is 0 Å². The van der Waals surface area contributed by atoms with Gasteiger partial charge in [0, 0.05) is 5.92 Å². The molecule has 2 atom stereocenters. The molecule has 2 unspecified atom stereocenters. The van der Waals surface area contributed by atoms with E-state index in [-0.39, 0.29) is 24.3 Å². The highest BCUT2D eigenvalue weighted by Gasteiger charge is 2.43. The number of carboxylic acids is 1. The Labute approximate surface area is 116 Å². The topological polar surface area (TPSA) is 95.5 Å². The smallest absolute Gasteiger partial charge is 0.322 e. The number of carbonyl (C=O) groups excluding carboxylic acids is 2. The van der Waals surface area contributed by atoms with Crippen LogP contribution in [0.25, 0.3) is 0 Å². The molecule has 1 aliphatic carbocycles. The summed E-state index contributed by atoms with van der Waals surface area (Å²) < 4.78 is 0. The molecule has 0 bridgehead atoms. The fourth-order valence-corrected chi connectivity index (χ4v) is 2.09. The van der Waals surface area contributed by atoms with Gasteiger partial charge in [0.25, 0.3) is 0 Å². The van der Waals surface area contributed by atoms with E-state index < -0.39 is 18.4 Å². The molecule has 20 heavy (non-hydrogen) atoms. The van der Waals surface area contributed by atoms with Crippen LogP contribution in [-0.2, 0) is 14.4 Å². The van der Waals surface area contributed by atoms with E-state index in [0.29, 0.717) is 0 Å². The molecule has 6 heteroatoms. The van der Waals surface area contributed by atoms with Gasteiger partial charge in [-0.3, -0.25) is 14.4 Å². The monoisotopic (exact) mass is 276 g/mol. The highest BCUT2D eigenvalue weighted by Crippen LogP contribution is 2.47. The summed E-state index contributed by atoms with van der Waals surface area (Å²) in [4.78, 5) is 33.3. The molecule has 0 saturated heterocycles. The Morgan fingerprint density at radius 3 is 2.45 bits per heavy atom. The van der Waals surface area contributed by atoms with Gasteiger partial charge in [-0.15, -0.1) is 0 Å². The lowest BCUT2D eigenvalue weighted by Crippen LogP contribution is -2.39. The van der Waals surface area contributed by atoms with Gasteiger partial charge in [0.15, 0.2) is 0 Å². The Balaban J connectivity index is 1.72. The van der Waals surface area contributed by atoms with Crippen molar-refractivity contribution in [1.29, 1.82) is 0 Å². The highest BCUT2D eigenvalue weighted by molar-refractivity contribution is 5.89. The number of hydrogen-bond acceptors (Lipinski definition) is 3. The molecule has 0 radical (unpaired) electrons. The molecule has 0 spiro atoms. The average Bonchev–Trinajstić information content (AvgIpc) is 3.24. The molecule has 0 aliphatic heterocycles. The minimum Gasteiger partial charge on any atom is -0.480 e. The molecule has 1 saturated carbocycles. The summed E-state index contributed by atoms with van der Waals surface area (Å²) in [6, 6.07) is 9.76. The molecular formula is C14H16N2O4. The largest absolute Gasteiger partial charge is 0.480 e. The van der Waals surface area contributed by atoms with E-state index in [2.05, 4.69) is 10.6 Å². The summed E-state index contributed by atoms with van der Waals surface area (Å²) >= 11 is 0. The predicted octanol–water partition coefficient (Wildman–Crippen LogP) is 0.107. The molecule has 0 aromatic heterocycles. The first-order chi connectivity index (χ1) is 9.58. The number of rotatable bonds is 6. The first kappa shape index (κ1) is 14.0. The van der Waals surface area contributed by atoms with E-state index in [1.807, 2.05) is 30.3 Å². The molecular weight excluding hydrogens is 260 g/mol. The first-order valence-corrected chi connectivity index (χ1v) is 6.39. The van der Waals surface area contributed by atoms with Crippen LogP contribution in [0.1, 0.15) is 17.9 Å². The summed E-state index contributed by atoms with van der Waals surface area (Å²) in [5.41, 5.74) is 1.13. The third kappa shape index (κ3) is 3.81. The molecule has 2 rings (SSSR count). The van der Waals surface area contributed by atoms with Gasteiger partial charge in [-0.05, 0) is 17.9 Å². The molecule has 2 amide bonds. The van der Waals surface area contributed by atoms with Gasteiger partial charge in [-0.25, -0.2) is 0 Å². The minimum absolute atomic E-state index is 0.0929. The van der Waals surface area contributed by atoms with Gasteiger partial charge < -0.3 is 15.7 Å². The lowest BCUT2D eigenvalue weighted by Gasteiger charge is -2.05. The zero-order chi connectivity index (χ0) is 14.5. The van der Waals surface area contributed by atoms with E-state index in [1.165, 1.54) is 0 Å². The van der Waals surface area contributed by atoms with Crippen molar-refractivity contribution in [1.82, 2.24) is 10.6 Å². The minimum atomic E-state index is -1.11. The second kappa shape index (κ2) is 6.18. The van der Waals surface area contributed by atoms with Crippen LogP contribution < -0.4 is 10.6 Å². The number of carbonyl (C=O) groups is 3. The fraction of sp³-hybridized carbons (Fsp3) is 0.357. The molecule has 1 fully saturated rings. The molecule has 1 aromatic rings. The second-order valence-corrected chi connectivity index (χ2v) is 4.75. The fourth-order valence-electron chi connectivity index (χ4n) is 2.09. The van der Waals surface area contributed by atoms with E-state index in [1.54, 1.807) is 0 Å². The van der Waals surface area contributed by atoms with Crippen molar-refractivity contribution in [2.45, 2.75) is 12.3 Å². The number of benzene rings is 1. The zero-order valence-corrected chi connectivity index (χ0v) is 10.8. The standard InChI is InChI=1S/C14H16N2O4/c17-12(15-8-13(18)19)7-16-14(20)11-6-10(11)9-4-2-1-3-5-9/h1-5,10-11H,6-8H2,(H,15,17)(H,16,20)(H,18,19). The summed E-state index contributed by atoms with van der Waals surface area (Å²) in [6.45, 7) is -0.630. The van der Waals surface area contributed by atoms with Crippen LogP contribution in [-0.4, -0.2) is 36.0 Å². The van der Waals surface area contributed by atoms with Crippen LogP contribution in [0.2, 0.25) is 0 Å². The Bertz CT molecular complexity index is 515. The number of hydrogen-bond donors (Lipinski definition) is 3. The summed E-state index contributed by atoms with van der Waals surface area (Å²) in [5, 5.41) is 13.1. The van der Waals surface area contributed by atoms with Gasteiger partial charge in [-0.2, -0.15) is 0 Å². The lowest BCUT2D eigenvalue weighted by molar-refractivity contribution is -0.137. The maximum Gasteiger partial charge on any atom is 0.322 e. The van der Waals surface area contributed by atoms with Crippen LogP contribution >= 0.6 is 0 Å². The van der Waals surface area contributed by atoms with Gasteiger partial charge in [-0.1, -0.05) is 30.3 Å². The Morgan fingerprint density at radius 1 is 1.10 bits per heavy atom. The molecule has 3 N–H and O–H groups in total. The molecule has 1 aromatic carbocycles. The van der Waals surface area contributed by atoms with Crippen molar-refractivity contribution < 1.29 is 19.5 Å². The maximum absolute atomic E-state index is 11.8. The molecule has 6 nitrogen and oxygen atoms in total. The van der Waals surface area contributed by atoms with Crippen molar-refractivity contribution in [3.63, 3.8) is 0 Å². The van der Waals surface area contributed by atoms with E-state index >= 15 is 0 Å². The first-order valence-electron chi connectivity index (χ1n) is 6.39. The van der Waals surface area contributed by atoms with Gasteiger partial charge in [0.05, 0.1) is 6.54 Å². The quantitative estimate of drug-likeness (QED) is 0.687. The summed E-state index contributed by atoms with van der Waals surface area (Å²) in [7, 11) is 0. The SMILES string of the molecule is O=C(O)CNC(=O)CNC(=O)C1CC1c1ccccc1. The van der Waals surface area contributed by atoms with Crippen molar-refractivity contribution in [2.75, 3.05) is 13.1 Å². The second-order valence-electron chi connectivity index (χ2n) is 4.75. The normalized spacial score (nSPS) is 20.0. The van der Waals surface area contributed by atoms with Gasteiger partial charge >= 0.3 is 5.97 Å². The third-order valence-corrected chi connectivity index (χ3v) is 3.21. The Hall–Kier alpha value is -2.37. The van der Waals surface area contributed by atoms with Crippen LogP contribution in [0, 0.1) is 5.92 Å². The van der Waals surface area contributed by atoms with Crippen LogP contribution in [0.15, 0.2) is 30.3 Å². The number of nitrogens with one attached hydrogen (secondary N) is 2. The van der Waals surface area contributed by atoms with Crippen LogP contribution in [0.4, 0.5) is 0 Å². The Morgan fingerprint density at radius 2 is 1.80 bits per heavy atom. The van der Waals surface area contributed by atoms with E-state index in [0.717, 1.165) is 12.0 Å². The van der Waals surface area contributed by atoms with Crippen LogP contribution in [0.5, 0.6) is 0 Å². The van der Waals surface area contributed by atoms with E-state index in [4.69, 9.17) is 5.11 Å². The Kier molecular flexibility index (Phi) is 4.34. The van der Waals surface area contributed by atoms with E-state index in [9.17, 15) is 14.4 Å². The number of carboxylic acid groups (broad SMARTS) is 1. The molecule has 106 valence electrons. The number of aliphatic carboxylic acids is 1. The predicted molar refractivity (Wildman–Crippen MR) is 70.9 cm³/mol. The van der Waals surface area contributed by atoms with Crippen molar-refractivity contribution in [3.8, 4) is 0 Å². The third-order valence-electron chi connectivity index (χ3n) is 3.21. The average molecular weight is 276 g/mol. The lowest BCUT2D eigenvalue weighted by atomic mass is 10.1.